The summed E-state index contributed by atoms with van der Waals surface area (Å²) in [6.07, 6.45) is 4.53. The van der Waals surface area contributed by atoms with E-state index in [-0.39, 0.29) is 5.91 Å². The van der Waals surface area contributed by atoms with Crippen LogP contribution in [-0.4, -0.2) is 32.2 Å². The van der Waals surface area contributed by atoms with Gasteiger partial charge in [0.1, 0.15) is 11.3 Å². The first-order valence-electron chi connectivity index (χ1n) is 9.35. The first-order chi connectivity index (χ1) is 15.1. The predicted octanol–water partition coefficient (Wildman–Crippen LogP) is 4.77. The third kappa shape index (κ3) is 4.23. The first kappa shape index (κ1) is 20.1. The third-order valence-electron chi connectivity index (χ3n) is 4.51. The van der Waals surface area contributed by atoms with Gasteiger partial charge in [-0.1, -0.05) is 0 Å². The molecule has 0 aliphatic rings. The Morgan fingerprint density at radius 2 is 1.81 bits per heavy atom. The SMILES string of the molecule is COc1cc(-c2nc3cc(NC(=O)/C=C/c4ccco4)ccc3o2)cc(OC)c1OC. The van der Waals surface area contributed by atoms with E-state index in [2.05, 4.69) is 10.3 Å². The molecular formula is C23H20N2O6. The molecule has 158 valence electrons. The Labute approximate surface area is 178 Å². The van der Waals surface area contributed by atoms with E-state index in [9.17, 15) is 4.79 Å². The lowest BCUT2D eigenvalue weighted by Crippen LogP contribution is -2.07. The Morgan fingerprint density at radius 1 is 1.03 bits per heavy atom. The smallest absolute Gasteiger partial charge is 0.248 e. The lowest BCUT2D eigenvalue weighted by atomic mass is 10.2. The maximum Gasteiger partial charge on any atom is 0.248 e. The molecule has 0 aliphatic heterocycles. The summed E-state index contributed by atoms with van der Waals surface area (Å²) in [4.78, 5) is 16.7. The number of fused-ring (bicyclic) bond motifs is 1. The van der Waals surface area contributed by atoms with Crippen molar-refractivity contribution in [3.05, 3.63) is 60.6 Å². The quantitative estimate of drug-likeness (QED) is 0.430. The van der Waals surface area contributed by atoms with Gasteiger partial charge in [0.05, 0.1) is 27.6 Å². The monoisotopic (exact) mass is 420 g/mol. The summed E-state index contributed by atoms with van der Waals surface area (Å²) in [6.45, 7) is 0. The molecule has 4 aromatic rings. The van der Waals surface area contributed by atoms with E-state index >= 15 is 0 Å². The number of methoxy groups -OCH3 is 3. The average Bonchev–Trinajstić information content (AvgIpc) is 3.46. The molecule has 0 unspecified atom stereocenters. The molecule has 0 saturated heterocycles. The van der Waals surface area contributed by atoms with Gasteiger partial charge < -0.3 is 28.4 Å². The second-order valence-electron chi connectivity index (χ2n) is 6.45. The van der Waals surface area contributed by atoms with Gasteiger partial charge in [-0.3, -0.25) is 4.79 Å². The number of aromatic nitrogens is 1. The molecule has 0 bridgehead atoms. The van der Waals surface area contributed by atoms with Crippen molar-refractivity contribution >= 4 is 28.8 Å². The van der Waals surface area contributed by atoms with Gasteiger partial charge in [-0.2, -0.15) is 0 Å². The molecular weight excluding hydrogens is 400 g/mol. The molecule has 2 aromatic heterocycles. The molecule has 0 saturated carbocycles. The molecule has 4 rings (SSSR count). The van der Waals surface area contributed by atoms with Gasteiger partial charge in [0, 0.05) is 17.3 Å². The number of carbonyl (C=O) groups excluding carboxylic acids is 1. The fraction of sp³-hybridized carbons (Fsp3) is 0.130. The Bertz CT molecular complexity index is 1220. The summed E-state index contributed by atoms with van der Waals surface area (Å²) in [5.41, 5.74) is 2.42. The van der Waals surface area contributed by atoms with E-state index in [0.717, 1.165) is 0 Å². The topological polar surface area (TPSA) is 96.0 Å². The van der Waals surface area contributed by atoms with Crippen molar-refractivity contribution in [2.75, 3.05) is 26.6 Å². The summed E-state index contributed by atoms with van der Waals surface area (Å²) in [7, 11) is 4.63. The van der Waals surface area contributed by atoms with Crippen LogP contribution >= 0.6 is 0 Å². The minimum Gasteiger partial charge on any atom is -0.493 e. The maximum atomic E-state index is 12.1. The Hall–Kier alpha value is -4.20. The van der Waals surface area contributed by atoms with Crippen LogP contribution in [0.1, 0.15) is 5.76 Å². The number of furan rings is 1. The molecule has 0 aliphatic carbocycles. The van der Waals surface area contributed by atoms with Gasteiger partial charge in [0.2, 0.25) is 17.5 Å². The predicted molar refractivity (Wildman–Crippen MR) is 115 cm³/mol. The number of rotatable bonds is 7. The summed E-state index contributed by atoms with van der Waals surface area (Å²) >= 11 is 0. The number of ether oxygens (including phenoxy) is 3. The lowest BCUT2D eigenvalue weighted by molar-refractivity contribution is -0.111. The molecule has 2 aromatic carbocycles. The standard InChI is InChI=1S/C23H20N2O6/c1-27-19-11-14(12-20(28-2)22(19)29-3)23-25-17-13-15(6-8-18(17)31-23)24-21(26)9-7-16-5-4-10-30-16/h4-13H,1-3H3,(H,24,26)/b9-7+. The molecule has 1 amide bonds. The number of oxazole rings is 1. The highest BCUT2D eigenvalue weighted by Crippen LogP contribution is 2.41. The van der Waals surface area contributed by atoms with E-state index < -0.39 is 0 Å². The van der Waals surface area contributed by atoms with Gasteiger partial charge in [-0.25, -0.2) is 4.98 Å². The van der Waals surface area contributed by atoms with Crippen molar-refractivity contribution in [2.45, 2.75) is 0 Å². The summed E-state index contributed by atoms with van der Waals surface area (Å²) < 4.78 is 27.2. The Kier molecular flexibility index (Phi) is 5.61. The number of nitrogens with zero attached hydrogens (tertiary/aromatic N) is 1. The number of benzene rings is 2. The lowest BCUT2D eigenvalue weighted by Gasteiger charge is -2.12. The van der Waals surface area contributed by atoms with E-state index in [1.54, 1.807) is 76.1 Å². The minimum absolute atomic E-state index is 0.288. The third-order valence-corrected chi connectivity index (χ3v) is 4.51. The van der Waals surface area contributed by atoms with E-state index in [0.29, 0.717) is 51.3 Å². The summed E-state index contributed by atoms with van der Waals surface area (Å²) in [5.74, 6) is 2.17. The summed E-state index contributed by atoms with van der Waals surface area (Å²) in [5, 5.41) is 2.79. The van der Waals surface area contributed by atoms with Crippen LogP contribution in [0.4, 0.5) is 5.69 Å². The van der Waals surface area contributed by atoms with Crippen LogP contribution in [0.25, 0.3) is 28.6 Å². The zero-order valence-electron chi connectivity index (χ0n) is 17.2. The number of hydrogen-bond acceptors (Lipinski definition) is 7. The van der Waals surface area contributed by atoms with Crippen molar-refractivity contribution < 1.29 is 27.8 Å². The second-order valence-corrected chi connectivity index (χ2v) is 6.45. The molecule has 1 N–H and O–H groups in total. The van der Waals surface area contributed by atoms with Crippen LogP contribution in [0, 0.1) is 0 Å². The highest BCUT2D eigenvalue weighted by molar-refractivity contribution is 6.02. The van der Waals surface area contributed by atoms with Gasteiger partial charge in [0.25, 0.3) is 0 Å². The molecule has 0 spiro atoms. The first-order valence-corrected chi connectivity index (χ1v) is 9.35. The Morgan fingerprint density at radius 3 is 2.45 bits per heavy atom. The number of amides is 1. The van der Waals surface area contributed by atoms with Gasteiger partial charge in [0.15, 0.2) is 17.1 Å². The maximum absolute atomic E-state index is 12.1. The van der Waals surface area contributed by atoms with E-state index in [1.807, 2.05) is 0 Å². The highest BCUT2D eigenvalue weighted by Gasteiger charge is 2.17. The number of hydrogen-bond donors (Lipinski definition) is 1. The molecule has 31 heavy (non-hydrogen) atoms. The van der Waals surface area contributed by atoms with Gasteiger partial charge in [-0.15, -0.1) is 0 Å². The fourth-order valence-electron chi connectivity index (χ4n) is 3.06. The molecule has 0 atom stereocenters. The van der Waals surface area contributed by atoms with Gasteiger partial charge >= 0.3 is 0 Å². The molecule has 2 heterocycles. The van der Waals surface area contributed by atoms with Crippen LogP contribution < -0.4 is 19.5 Å². The van der Waals surface area contributed by atoms with E-state index in [4.69, 9.17) is 23.0 Å². The van der Waals surface area contributed by atoms with Crippen LogP contribution in [0.3, 0.4) is 0 Å². The van der Waals surface area contributed by atoms with Crippen molar-refractivity contribution in [1.82, 2.24) is 4.98 Å². The van der Waals surface area contributed by atoms with Crippen LogP contribution in [-0.2, 0) is 4.79 Å². The number of carbonyl (C=O) groups is 1. The fourth-order valence-corrected chi connectivity index (χ4v) is 3.06. The zero-order chi connectivity index (χ0) is 21.8. The second kappa shape index (κ2) is 8.66. The van der Waals surface area contributed by atoms with Crippen molar-refractivity contribution in [3.8, 4) is 28.7 Å². The Balaban J connectivity index is 1.60. The van der Waals surface area contributed by atoms with Crippen LogP contribution in [0.2, 0.25) is 0 Å². The molecule has 0 fully saturated rings. The number of nitrogens with one attached hydrogen (secondary N) is 1. The van der Waals surface area contributed by atoms with E-state index in [1.165, 1.54) is 6.08 Å². The van der Waals surface area contributed by atoms with Crippen molar-refractivity contribution in [2.24, 2.45) is 0 Å². The highest BCUT2D eigenvalue weighted by atomic mass is 16.5. The van der Waals surface area contributed by atoms with Crippen molar-refractivity contribution in [1.29, 1.82) is 0 Å². The van der Waals surface area contributed by atoms with Crippen molar-refractivity contribution in [3.63, 3.8) is 0 Å². The largest absolute Gasteiger partial charge is 0.493 e. The zero-order valence-corrected chi connectivity index (χ0v) is 17.2. The van der Waals surface area contributed by atoms with Gasteiger partial charge in [-0.05, 0) is 48.5 Å². The normalized spacial score (nSPS) is 11.1. The molecule has 8 heteroatoms. The number of anilines is 1. The van der Waals surface area contributed by atoms with Crippen LogP contribution in [0.5, 0.6) is 17.2 Å². The average molecular weight is 420 g/mol. The molecule has 0 radical (unpaired) electrons. The van der Waals surface area contributed by atoms with Crippen LogP contribution in [0.15, 0.2) is 63.6 Å². The summed E-state index contributed by atoms with van der Waals surface area (Å²) in [6, 6.07) is 12.2. The minimum atomic E-state index is -0.288. The molecule has 8 nitrogen and oxygen atoms in total.